The third-order valence-corrected chi connectivity index (χ3v) is 3.01. The summed E-state index contributed by atoms with van der Waals surface area (Å²) in [6.07, 6.45) is 6.51. The Morgan fingerprint density at radius 3 is 2.35 bits per heavy atom. The van der Waals surface area contributed by atoms with Crippen LogP contribution in [0.25, 0.3) is 0 Å². The van der Waals surface area contributed by atoms with Crippen molar-refractivity contribution in [3.63, 3.8) is 0 Å². The molecule has 0 unspecified atom stereocenters. The molecule has 0 aromatic heterocycles. The lowest BCUT2D eigenvalue weighted by molar-refractivity contribution is -0.118. The van der Waals surface area contributed by atoms with Crippen molar-refractivity contribution in [2.45, 2.75) is 70.7 Å². The topological polar surface area (TPSA) is 61.6 Å². The lowest BCUT2D eigenvalue weighted by Crippen LogP contribution is -2.28. The number of hydrogen-bond acceptors (Lipinski definition) is 3. The molecule has 1 rings (SSSR count). The summed E-state index contributed by atoms with van der Waals surface area (Å²) in [5, 5.41) is 0. The SMILES string of the molecule is CC(C)O[C@H]1CC[C@@H](OCCCC(N)=O)CC1. The average Bonchev–Trinajstić information content (AvgIpc) is 2.25. The van der Waals surface area contributed by atoms with E-state index in [4.69, 9.17) is 15.2 Å². The molecule has 1 fully saturated rings. The summed E-state index contributed by atoms with van der Waals surface area (Å²) < 4.78 is 11.5. The summed E-state index contributed by atoms with van der Waals surface area (Å²) in [7, 11) is 0. The van der Waals surface area contributed by atoms with Crippen molar-refractivity contribution in [3.05, 3.63) is 0 Å². The van der Waals surface area contributed by atoms with Crippen LogP contribution in [0.5, 0.6) is 0 Å². The fourth-order valence-corrected chi connectivity index (χ4v) is 2.22. The zero-order valence-electron chi connectivity index (χ0n) is 11.0. The molecule has 0 atom stereocenters. The quantitative estimate of drug-likeness (QED) is 0.696. The van der Waals surface area contributed by atoms with Gasteiger partial charge in [-0.2, -0.15) is 0 Å². The zero-order valence-corrected chi connectivity index (χ0v) is 11.0. The van der Waals surface area contributed by atoms with E-state index in [-0.39, 0.29) is 5.91 Å². The van der Waals surface area contributed by atoms with E-state index in [0.717, 1.165) is 32.1 Å². The Morgan fingerprint density at radius 2 is 1.82 bits per heavy atom. The molecular formula is C13H25NO3. The molecule has 100 valence electrons. The molecule has 4 nitrogen and oxygen atoms in total. The minimum absolute atomic E-state index is 0.248. The molecule has 1 aliphatic rings. The molecular weight excluding hydrogens is 218 g/mol. The molecule has 0 heterocycles. The Labute approximate surface area is 104 Å². The lowest BCUT2D eigenvalue weighted by atomic mass is 9.95. The van der Waals surface area contributed by atoms with E-state index in [1.807, 2.05) is 0 Å². The standard InChI is InChI=1S/C13H25NO3/c1-10(2)17-12-7-5-11(6-8-12)16-9-3-4-13(14)15/h10-12H,3-9H2,1-2H3,(H2,14,15)/t11-,12+. The largest absolute Gasteiger partial charge is 0.378 e. The van der Waals surface area contributed by atoms with Crippen LogP contribution in [-0.4, -0.2) is 30.8 Å². The number of carbonyl (C=O) groups excluding carboxylic acids is 1. The normalized spacial score (nSPS) is 25.1. The fourth-order valence-electron chi connectivity index (χ4n) is 2.22. The molecule has 0 bridgehead atoms. The van der Waals surface area contributed by atoms with Crippen LogP contribution < -0.4 is 5.73 Å². The second-order valence-corrected chi connectivity index (χ2v) is 5.02. The molecule has 1 saturated carbocycles. The van der Waals surface area contributed by atoms with Gasteiger partial charge in [-0.25, -0.2) is 0 Å². The summed E-state index contributed by atoms with van der Waals surface area (Å²) in [6, 6.07) is 0. The average molecular weight is 243 g/mol. The first-order valence-electron chi connectivity index (χ1n) is 6.63. The van der Waals surface area contributed by atoms with Crippen molar-refractivity contribution in [3.8, 4) is 0 Å². The summed E-state index contributed by atoms with van der Waals surface area (Å²) in [6.45, 7) is 4.79. The number of ether oxygens (including phenoxy) is 2. The van der Waals surface area contributed by atoms with Crippen LogP contribution in [0.15, 0.2) is 0 Å². The Bertz CT molecular complexity index is 223. The predicted molar refractivity (Wildman–Crippen MR) is 66.6 cm³/mol. The predicted octanol–water partition coefficient (Wildman–Crippen LogP) is 2.00. The summed E-state index contributed by atoms with van der Waals surface area (Å²) in [5.74, 6) is -0.248. The van der Waals surface area contributed by atoms with E-state index >= 15 is 0 Å². The lowest BCUT2D eigenvalue weighted by Gasteiger charge is -2.29. The van der Waals surface area contributed by atoms with Gasteiger partial charge in [0.15, 0.2) is 0 Å². The highest BCUT2D eigenvalue weighted by Crippen LogP contribution is 2.24. The van der Waals surface area contributed by atoms with E-state index < -0.39 is 0 Å². The molecule has 4 heteroatoms. The number of primary amides is 1. The minimum Gasteiger partial charge on any atom is -0.378 e. The highest BCUT2D eigenvalue weighted by molar-refractivity contribution is 5.73. The van der Waals surface area contributed by atoms with Gasteiger partial charge >= 0.3 is 0 Å². The number of amides is 1. The highest BCUT2D eigenvalue weighted by atomic mass is 16.5. The van der Waals surface area contributed by atoms with Gasteiger partial charge in [-0.1, -0.05) is 0 Å². The molecule has 0 aromatic rings. The Balaban J connectivity index is 2.04. The van der Waals surface area contributed by atoms with E-state index in [1.54, 1.807) is 0 Å². The van der Waals surface area contributed by atoms with Crippen LogP contribution in [0.4, 0.5) is 0 Å². The van der Waals surface area contributed by atoms with Gasteiger partial charge in [0.2, 0.25) is 5.91 Å². The molecule has 1 aliphatic carbocycles. The van der Waals surface area contributed by atoms with Crippen LogP contribution in [0.3, 0.4) is 0 Å². The number of nitrogens with two attached hydrogens (primary N) is 1. The van der Waals surface area contributed by atoms with E-state index in [2.05, 4.69) is 13.8 Å². The molecule has 0 saturated heterocycles. The van der Waals surface area contributed by atoms with Gasteiger partial charge in [0.05, 0.1) is 18.3 Å². The maximum absolute atomic E-state index is 10.5. The summed E-state index contributed by atoms with van der Waals surface area (Å²) >= 11 is 0. The van der Waals surface area contributed by atoms with Gasteiger partial charge in [0.25, 0.3) is 0 Å². The second kappa shape index (κ2) is 7.67. The van der Waals surface area contributed by atoms with Gasteiger partial charge in [-0.05, 0) is 46.0 Å². The van der Waals surface area contributed by atoms with Crippen LogP contribution in [-0.2, 0) is 14.3 Å². The van der Waals surface area contributed by atoms with Gasteiger partial charge in [-0.3, -0.25) is 4.79 Å². The van der Waals surface area contributed by atoms with Crippen molar-refractivity contribution in [1.29, 1.82) is 0 Å². The third-order valence-electron chi connectivity index (χ3n) is 3.01. The van der Waals surface area contributed by atoms with E-state index in [9.17, 15) is 4.79 Å². The molecule has 2 N–H and O–H groups in total. The molecule has 0 spiro atoms. The zero-order chi connectivity index (χ0) is 12.7. The van der Waals surface area contributed by atoms with Gasteiger partial charge in [0, 0.05) is 13.0 Å². The minimum atomic E-state index is -0.248. The first-order valence-corrected chi connectivity index (χ1v) is 6.63. The van der Waals surface area contributed by atoms with Crippen molar-refractivity contribution < 1.29 is 14.3 Å². The molecule has 1 amide bonds. The van der Waals surface area contributed by atoms with Crippen LogP contribution in [0.1, 0.15) is 52.4 Å². The van der Waals surface area contributed by atoms with Gasteiger partial charge < -0.3 is 15.2 Å². The third kappa shape index (κ3) is 6.64. The molecule has 0 radical (unpaired) electrons. The molecule has 0 aromatic carbocycles. The van der Waals surface area contributed by atoms with E-state index in [0.29, 0.717) is 31.3 Å². The number of rotatable bonds is 7. The maximum atomic E-state index is 10.5. The van der Waals surface area contributed by atoms with Crippen molar-refractivity contribution in [2.24, 2.45) is 5.73 Å². The van der Waals surface area contributed by atoms with Crippen LogP contribution in [0, 0.1) is 0 Å². The monoisotopic (exact) mass is 243 g/mol. The van der Waals surface area contributed by atoms with Crippen LogP contribution >= 0.6 is 0 Å². The number of hydrogen-bond donors (Lipinski definition) is 1. The smallest absolute Gasteiger partial charge is 0.217 e. The first kappa shape index (κ1) is 14.5. The number of carbonyl (C=O) groups is 1. The summed E-state index contributed by atoms with van der Waals surface area (Å²) in [5.41, 5.74) is 5.07. The highest BCUT2D eigenvalue weighted by Gasteiger charge is 2.22. The molecule has 17 heavy (non-hydrogen) atoms. The second-order valence-electron chi connectivity index (χ2n) is 5.02. The maximum Gasteiger partial charge on any atom is 0.217 e. The van der Waals surface area contributed by atoms with Gasteiger partial charge in [0.1, 0.15) is 0 Å². The van der Waals surface area contributed by atoms with Crippen molar-refractivity contribution in [1.82, 2.24) is 0 Å². The summed E-state index contributed by atoms with van der Waals surface area (Å²) in [4.78, 5) is 10.5. The van der Waals surface area contributed by atoms with Crippen LogP contribution in [0.2, 0.25) is 0 Å². The molecule has 0 aliphatic heterocycles. The fraction of sp³-hybridized carbons (Fsp3) is 0.923. The van der Waals surface area contributed by atoms with Crippen molar-refractivity contribution in [2.75, 3.05) is 6.61 Å². The first-order chi connectivity index (χ1) is 8.08. The van der Waals surface area contributed by atoms with E-state index in [1.165, 1.54) is 0 Å². The Kier molecular flexibility index (Phi) is 6.52. The Morgan fingerprint density at radius 1 is 1.24 bits per heavy atom. The van der Waals surface area contributed by atoms with Crippen molar-refractivity contribution >= 4 is 5.91 Å². The Hall–Kier alpha value is -0.610. The van der Waals surface area contributed by atoms with Gasteiger partial charge in [-0.15, -0.1) is 0 Å².